The third-order valence-corrected chi connectivity index (χ3v) is 2.97. The number of anilines is 2. The predicted octanol–water partition coefficient (Wildman–Crippen LogP) is 2.34. The van der Waals surface area contributed by atoms with Crippen molar-refractivity contribution >= 4 is 11.4 Å². The summed E-state index contributed by atoms with van der Waals surface area (Å²) >= 11 is 0. The number of nitrogens with zero attached hydrogens (tertiary/aromatic N) is 2. The van der Waals surface area contributed by atoms with Crippen molar-refractivity contribution in [3.63, 3.8) is 0 Å². The maximum absolute atomic E-state index is 13.5. The summed E-state index contributed by atoms with van der Waals surface area (Å²) in [7, 11) is 3.36. The van der Waals surface area contributed by atoms with Crippen molar-refractivity contribution in [1.82, 2.24) is 0 Å². The number of hydrogen-bond acceptors (Lipinski definition) is 2. The van der Waals surface area contributed by atoms with Gasteiger partial charge in [-0.25, -0.2) is 13.2 Å². The van der Waals surface area contributed by atoms with Crippen molar-refractivity contribution in [2.75, 3.05) is 23.9 Å². The van der Waals surface area contributed by atoms with Gasteiger partial charge in [0.15, 0.2) is 17.5 Å². The van der Waals surface area contributed by atoms with Gasteiger partial charge in [0.25, 0.3) is 0 Å². The molecule has 0 fully saturated rings. The summed E-state index contributed by atoms with van der Waals surface area (Å²) in [4.78, 5) is 3.27. The quantitative estimate of drug-likeness (QED) is 0.614. The lowest BCUT2D eigenvalue weighted by Crippen LogP contribution is -2.35. The van der Waals surface area contributed by atoms with Crippen LogP contribution in [0.25, 0.3) is 0 Å². The van der Waals surface area contributed by atoms with Crippen LogP contribution in [0.3, 0.4) is 0 Å². The lowest BCUT2D eigenvalue weighted by Gasteiger charge is -2.23. The molecule has 0 aromatic heterocycles. The Morgan fingerprint density at radius 2 is 1.67 bits per heavy atom. The fraction of sp³-hybridized carbons (Fsp3) is 0.400. The Morgan fingerprint density at radius 3 is 2.27 bits per heavy atom. The summed E-state index contributed by atoms with van der Waals surface area (Å²) in [6, 6.07) is 1.02. The third kappa shape index (κ3) is 1.19. The highest BCUT2D eigenvalue weighted by Gasteiger charge is 2.33. The lowest BCUT2D eigenvalue weighted by atomic mass is 10.2. The van der Waals surface area contributed by atoms with E-state index < -0.39 is 17.5 Å². The molecule has 0 saturated heterocycles. The second-order valence-corrected chi connectivity index (χ2v) is 3.71. The summed E-state index contributed by atoms with van der Waals surface area (Å²) in [6.45, 7) is 1.83. The van der Waals surface area contributed by atoms with E-state index in [2.05, 4.69) is 0 Å². The monoisotopic (exact) mass is 216 g/mol. The van der Waals surface area contributed by atoms with Gasteiger partial charge in [0.1, 0.15) is 5.69 Å². The molecule has 0 radical (unpaired) electrons. The minimum Gasteiger partial charge on any atom is -0.353 e. The minimum absolute atomic E-state index is 0.115. The van der Waals surface area contributed by atoms with Crippen LogP contribution in [0.5, 0.6) is 0 Å². The fourth-order valence-corrected chi connectivity index (χ4v) is 1.83. The van der Waals surface area contributed by atoms with Crippen molar-refractivity contribution in [2.24, 2.45) is 0 Å². The Bertz CT molecular complexity index is 420. The average Bonchev–Trinajstić information content (AvgIpc) is 2.40. The second kappa shape index (κ2) is 3.05. The Labute approximate surface area is 85.9 Å². The zero-order valence-corrected chi connectivity index (χ0v) is 8.68. The molecule has 0 spiro atoms. The van der Waals surface area contributed by atoms with Gasteiger partial charge >= 0.3 is 0 Å². The first-order valence-corrected chi connectivity index (χ1v) is 4.58. The molecule has 2 nitrogen and oxygen atoms in total. The maximum atomic E-state index is 13.5. The summed E-state index contributed by atoms with van der Waals surface area (Å²) in [5, 5.41) is 0. The molecule has 0 bridgehead atoms. The first-order chi connectivity index (χ1) is 6.95. The molecule has 1 heterocycles. The number of hydrogen-bond donors (Lipinski definition) is 0. The molecule has 1 aromatic rings. The zero-order chi connectivity index (χ0) is 11.3. The molecule has 0 saturated carbocycles. The van der Waals surface area contributed by atoms with Crippen molar-refractivity contribution in [3.05, 3.63) is 23.5 Å². The molecule has 1 aliphatic heterocycles. The van der Waals surface area contributed by atoms with E-state index in [1.165, 1.54) is 0 Å². The molecule has 2 rings (SSSR count). The molecular formula is C10H11F3N2. The zero-order valence-electron chi connectivity index (χ0n) is 8.68. The lowest BCUT2D eigenvalue weighted by molar-refractivity contribution is 0.448. The van der Waals surface area contributed by atoms with Gasteiger partial charge in [-0.1, -0.05) is 0 Å². The number of fused-ring (bicyclic) bond motifs is 1. The average molecular weight is 216 g/mol. The van der Waals surface area contributed by atoms with Crippen LogP contribution in [0.4, 0.5) is 24.5 Å². The van der Waals surface area contributed by atoms with Crippen molar-refractivity contribution < 1.29 is 13.2 Å². The molecule has 0 aliphatic carbocycles. The van der Waals surface area contributed by atoms with Crippen LogP contribution in [0.2, 0.25) is 0 Å². The molecular weight excluding hydrogens is 205 g/mol. The van der Waals surface area contributed by atoms with E-state index in [-0.39, 0.29) is 11.9 Å². The highest BCUT2D eigenvalue weighted by molar-refractivity contribution is 5.77. The smallest absolute Gasteiger partial charge is 0.196 e. The summed E-state index contributed by atoms with van der Waals surface area (Å²) in [6.07, 6.45) is -0.115. The van der Waals surface area contributed by atoms with Crippen LogP contribution in [0.15, 0.2) is 6.07 Å². The first kappa shape index (κ1) is 10.1. The Kier molecular flexibility index (Phi) is 2.06. The Hall–Kier alpha value is -1.39. The van der Waals surface area contributed by atoms with E-state index in [9.17, 15) is 13.2 Å². The van der Waals surface area contributed by atoms with E-state index in [1.807, 2.05) is 6.92 Å². The maximum Gasteiger partial charge on any atom is 0.196 e. The number of halogens is 3. The van der Waals surface area contributed by atoms with Gasteiger partial charge in [0.2, 0.25) is 0 Å². The van der Waals surface area contributed by atoms with Crippen LogP contribution in [0, 0.1) is 17.5 Å². The van der Waals surface area contributed by atoms with Crippen molar-refractivity contribution in [1.29, 1.82) is 0 Å². The Balaban J connectivity index is 2.70. The molecule has 1 atom stereocenters. The first-order valence-electron chi connectivity index (χ1n) is 4.58. The van der Waals surface area contributed by atoms with E-state index >= 15 is 0 Å². The van der Waals surface area contributed by atoms with Crippen LogP contribution < -0.4 is 9.80 Å². The summed E-state index contributed by atoms with van der Waals surface area (Å²) in [5.41, 5.74) is 0.491. The van der Waals surface area contributed by atoms with E-state index in [4.69, 9.17) is 0 Å². The van der Waals surface area contributed by atoms with E-state index in [0.717, 1.165) is 6.07 Å². The predicted molar refractivity (Wildman–Crippen MR) is 52.6 cm³/mol. The molecule has 1 aliphatic rings. The largest absolute Gasteiger partial charge is 0.353 e. The fourth-order valence-electron chi connectivity index (χ4n) is 1.83. The van der Waals surface area contributed by atoms with Gasteiger partial charge in [0.05, 0.1) is 11.9 Å². The summed E-state index contributed by atoms with van der Waals surface area (Å²) < 4.78 is 39.5. The van der Waals surface area contributed by atoms with Gasteiger partial charge in [-0.15, -0.1) is 0 Å². The van der Waals surface area contributed by atoms with Crippen molar-refractivity contribution in [2.45, 2.75) is 13.1 Å². The van der Waals surface area contributed by atoms with Gasteiger partial charge in [-0.3, -0.25) is 0 Å². The summed E-state index contributed by atoms with van der Waals surface area (Å²) in [5.74, 6) is -3.69. The molecule has 0 amide bonds. The molecule has 15 heavy (non-hydrogen) atoms. The van der Waals surface area contributed by atoms with Crippen LogP contribution in [-0.2, 0) is 0 Å². The third-order valence-electron chi connectivity index (χ3n) is 2.97. The number of benzene rings is 1. The van der Waals surface area contributed by atoms with Gasteiger partial charge in [-0.05, 0) is 6.92 Å². The Morgan fingerprint density at radius 1 is 1.07 bits per heavy atom. The topological polar surface area (TPSA) is 6.48 Å². The molecule has 82 valence electrons. The molecule has 5 heteroatoms. The van der Waals surface area contributed by atoms with Crippen LogP contribution in [-0.4, -0.2) is 20.3 Å². The van der Waals surface area contributed by atoms with Crippen molar-refractivity contribution in [3.8, 4) is 0 Å². The molecule has 1 unspecified atom stereocenters. The molecule has 1 aromatic carbocycles. The van der Waals surface area contributed by atoms with Crippen LogP contribution >= 0.6 is 0 Å². The highest BCUT2D eigenvalue weighted by atomic mass is 19.2. The molecule has 0 N–H and O–H groups in total. The van der Waals surface area contributed by atoms with Gasteiger partial charge in [0, 0.05) is 20.2 Å². The standard InChI is InChI=1S/C10H11F3N2/c1-5-14(2)7-4-6(11)8(12)9(13)10(7)15(5)3/h4-5H,1-3H3. The number of rotatable bonds is 0. The van der Waals surface area contributed by atoms with E-state index in [1.54, 1.807) is 23.9 Å². The van der Waals surface area contributed by atoms with E-state index in [0.29, 0.717) is 5.69 Å². The highest BCUT2D eigenvalue weighted by Crippen LogP contribution is 2.41. The minimum atomic E-state index is -1.41. The van der Waals surface area contributed by atoms with Gasteiger partial charge < -0.3 is 9.80 Å². The normalized spacial score (nSPS) is 19.7. The van der Waals surface area contributed by atoms with Gasteiger partial charge in [-0.2, -0.15) is 0 Å². The SMILES string of the molecule is CC1N(C)c2cc(F)c(F)c(F)c2N1C. The van der Waals surface area contributed by atoms with Crippen LogP contribution in [0.1, 0.15) is 6.92 Å². The second-order valence-electron chi connectivity index (χ2n) is 3.71.